The third-order valence-electron chi connectivity index (χ3n) is 0.872. The molecule has 0 aliphatic heterocycles. The fraction of sp³-hybridized carbons (Fsp3) is 0.200. The van der Waals surface area contributed by atoms with Crippen LogP contribution in [0.4, 0.5) is 14.3 Å². The molecule has 0 unspecified atom stereocenters. The first kappa shape index (κ1) is 7.93. The van der Waals surface area contributed by atoms with E-state index >= 15 is 0 Å². The van der Waals surface area contributed by atoms with Crippen LogP contribution in [0.3, 0.4) is 0 Å². The van der Waals surface area contributed by atoms with E-state index in [0.29, 0.717) is 0 Å². The molecule has 11 heavy (non-hydrogen) atoms. The number of hydrogen-bond acceptors (Lipinski definition) is 4. The van der Waals surface area contributed by atoms with Crippen LogP contribution in [0.2, 0.25) is 0 Å². The predicted molar refractivity (Wildman–Crippen MR) is 38.1 cm³/mol. The summed E-state index contributed by atoms with van der Waals surface area (Å²) in [5.41, 5.74) is 0. The number of carbonyl (C=O) groups is 1. The predicted octanol–water partition coefficient (Wildman–Crippen LogP) is 1.46. The van der Waals surface area contributed by atoms with Crippen molar-refractivity contribution in [3.8, 4) is 0 Å². The Labute approximate surface area is 66.0 Å². The zero-order valence-corrected chi connectivity index (χ0v) is 6.44. The second-order valence-corrected chi connectivity index (χ2v) is 2.57. The lowest BCUT2D eigenvalue weighted by Crippen LogP contribution is -2.10. The zero-order valence-electron chi connectivity index (χ0n) is 5.63. The monoisotopic (exact) mass is 176 g/mol. The lowest BCUT2D eigenvalue weighted by molar-refractivity contribution is 0.187. The van der Waals surface area contributed by atoms with Gasteiger partial charge in [0.2, 0.25) is 0 Å². The molecule has 1 amide bonds. The topological polar surface area (TPSA) is 51.2 Å². The molecule has 0 aliphatic rings. The molecule has 1 rings (SSSR count). The number of halogens is 1. The van der Waals surface area contributed by atoms with Crippen LogP contribution in [0.1, 0.15) is 0 Å². The molecule has 6 heteroatoms. The number of thiazole rings is 1. The molecule has 0 saturated heterocycles. The normalized spacial score (nSPS) is 9.27. The van der Waals surface area contributed by atoms with Gasteiger partial charge in [-0.3, -0.25) is 5.32 Å². The van der Waals surface area contributed by atoms with Crippen LogP contribution in [0.15, 0.2) is 6.20 Å². The molecule has 1 aromatic heterocycles. The van der Waals surface area contributed by atoms with Crippen LogP contribution in [0.5, 0.6) is 0 Å². The Hall–Kier alpha value is -1.17. The van der Waals surface area contributed by atoms with Gasteiger partial charge < -0.3 is 4.74 Å². The Balaban J connectivity index is 2.57. The van der Waals surface area contributed by atoms with Gasteiger partial charge in [0.05, 0.1) is 13.3 Å². The molecule has 0 aliphatic carbocycles. The second kappa shape index (κ2) is 3.29. The van der Waals surface area contributed by atoms with Gasteiger partial charge in [0.15, 0.2) is 10.3 Å². The number of nitrogens with zero attached hydrogens (tertiary/aromatic N) is 1. The maximum atomic E-state index is 12.2. The van der Waals surface area contributed by atoms with Crippen LogP contribution in [0.25, 0.3) is 0 Å². The molecule has 0 aromatic carbocycles. The van der Waals surface area contributed by atoms with E-state index < -0.39 is 11.2 Å². The van der Waals surface area contributed by atoms with Gasteiger partial charge in [0.1, 0.15) is 0 Å². The average Bonchev–Trinajstić information content (AvgIpc) is 2.35. The Morgan fingerprint density at radius 1 is 1.91 bits per heavy atom. The summed E-state index contributed by atoms with van der Waals surface area (Å²) in [6.45, 7) is 0. The van der Waals surface area contributed by atoms with E-state index in [0.717, 1.165) is 17.5 Å². The van der Waals surface area contributed by atoms with E-state index in [9.17, 15) is 9.18 Å². The van der Waals surface area contributed by atoms with Crippen molar-refractivity contribution < 1.29 is 13.9 Å². The van der Waals surface area contributed by atoms with E-state index in [-0.39, 0.29) is 5.13 Å². The third-order valence-corrected chi connectivity index (χ3v) is 1.57. The number of nitrogens with one attached hydrogen (secondary N) is 1. The highest BCUT2D eigenvalue weighted by atomic mass is 32.1. The third kappa shape index (κ3) is 2.15. The van der Waals surface area contributed by atoms with Crippen molar-refractivity contribution in [2.75, 3.05) is 12.4 Å². The fourth-order valence-electron chi connectivity index (χ4n) is 0.451. The Morgan fingerprint density at radius 3 is 3.09 bits per heavy atom. The van der Waals surface area contributed by atoms with Gasteiger partial charge in [0.25, 0.3) is 0 Å². The summed E-state index contributed by atoms with van der Waals surface area (Å²) in [6, 6.07) is 0. The summed E-state index contributed by atoms with van der Waals surface area (Å²) in [6.07, 6.45) is 0.370. The van der Waals surface area contributed by atoms with Crippen molar-refractivity contribution in [1.29, 1.82) is 0 Å². The van der Waals surface area contributed by atoms with Crippen LogP contribution in [-0.4, -0.2) is 18.2 Å². The van der Waals surface area contributed by atoms with E-state index in [1.807, 2.05) is 0 Å². The van der Waals surface area contributed by atoms with E-state index in [1.165, 1.54) is 7.11 Å². The summed E-state index contributed by atoms with van der Waals surface area (Å²) in [4.78, 5) is 14.0. The summed E-state index contributed by atoms with van der Waals surface area (Å²) >= 11 is 0.742. The highest BCUT2D eigenvalue weighted by molar-refractivity contribution is 7.14. The molecule has 1 N–H and O–H groups in total. The zero-order chi connectivity index (χ0) is 8.27. The summed E-state index contributed by atoms with van der Waals surface area (Å²) < 4.78 is 16.5. The van der Waals surface area contributed by atoms with Crippen molar-refractivity contribution in [3.05, 3.63) is 11.3 Å². The molecule has 0 radical (unpaired) electrons. The summed E-state index contributed by atoms with van der Waals surface area (Å²) in [5.74, 6) is 0. The number of rotatable bonds is 1. The van der Waals surface area contributed by atoms with E-state index in [4.69, 9.17) is 0 Å². The molecule has 0 bridgehead atoms. The van der Waals surface area contributed by atoms with Gasteiger partial charge >= 0.3 is 6.09 Å². The fourth-order valence-corrected chi connectivity index (χ4v) is 0.980. The minimum absolute atomic E-state index is 0.189. The van der Waals surface area contributed by atoms with Crippen molar-refractivity contribution in [1.82, 2.24) is 4.98 Å². The molecule has 4 nitrogen and oxygen atoms in total. The number of aromatic nitrogens is 1. The lowest BCUT2D eigenvalue weighted by Gasteiger charge is -1.95. The van der Waals surface area contributed by atoms with Gasteiger partial charge in [-0.25, -0.2) is 9.78 Å². The Bertz CT molecular complexity index is 263. The first-order valence-corrected chi connectivity index (χ1v) is 3.50. The summed E-state index contributed by atoms with van der Waals surface area (Å²) in [5, 5.41) is 1.96. The highest BCUT2D eigenvalue weighted by Crippen LogP contribution is 2.15. The van der Waals surface area contributed by atoms with Crippen molar-refractivity contribution in [2.45, 2.75) is 0 Å². The quantitative estimate of drug-likeness (QED) is 0.704. The molecule has 0 atom stereocenters. The van der Waals surface area contributed by atoms with Gasteiger partial charge in [-0.1, -0.05) is 11.3 Å². The van der Waals surface area contributed by atoms with E-state index in [2.05, 4.69) is 15.0 Å². The van der Waals surface area contributed by atoms with Crippen molar-refractivity contribution in [2.24, 2.45) is 0 Å². The SMILES string of the molecule is COC(=O)Nc1ncc(F)s1. The smallest absolute Gasteiger partial charge is 0.413 e. The molecule has 0 saturated carbocycles. The molecular formula is C5H5FN2O2S. The molecule has 60 valence electrons. The maximum absolute atomic E-state index is 12.2. The number of anilines is 1. The number of carbonyl (C=O) groups excluding carboxylic acids is 1. The number of ether oxygens (including phenoxy) is 1. The molecule has 1 heterocycles. The van der Waals surface area contributed by atoms with Gasteiger partial charge in [-0.2, -0.15) is 4.39 Å². The van der Waals surface area contributed by atoms with Crippen LogP contribution < -0.4 is 5.32 Å². The number of hydrogen-bond donors (Lipinski definition) is 1. The van der Waals surface area contributed by atoms with Gasteiger partial charge in [-0.15, -0.1) is 0 Å². The van der Waals surface area contributed by atoms with Gasteiger partial charge in [-0.05, 0) is 0 Å². The molecule has 0 fully saturated rings. The average molecular weight is 176 g/mol. The number of methoxy groups -OCH3 is 1. The van der Waals surface area contributed by atoms with Crippen molar-refractivity contribution in [3.63, 3.8) is 0 Å². The van der Waals surface area contributed by atoms with E-state index in [1.54, 1.807) is 0 Å². The standard InChI is InChI=1S/C5H5FN2O2S/c1-10-5(9)8-4-7-2-3(6)11-4/h2H,1H3,(H,7,8,9). The molecular weight excluding hydrogens is 171 g/mol. The maximum Gasteiger partial charge on any atom is 0.413 e. The second-order valence-electron chi connectivity index (χ2n) is 1.59. The summed E-state index contributed by atoms with van der Waals surface area (Å²) in [7, 11) is 1.22. The van der Waals surface area contributed by atoms with Crippen LogP contribution >= 0.6 is 11.3 Å². The highest BCUT2D eigenvalue weighted by Gasteiger charge is 2.04. The minimum atomic E-state index is -0.653. The Kier molecular flexibility index (Phi) is 2.37. The molecule has 1 aromatic rings. The van der Waals surface area contributed by atoms with Gasteiger partial charge in [0, 0.05) is 0 Å². The first-order valence-electron chi connectivity index (χ1n) is 2.68. The van der Waals surface area contributed by atoms with Crippen molar-refractivity contribution >= 4 is 22.6 Å². The Morgan fingerprint density at radius 2 is 2.64 bits per heavy atom. The van der Waals surface area contributed by atoms with Crippen LogP contribution in [-0.2, 0) is 4.74 Å². The minimum Gasteiger partial charge on any atom is -0.453 e. The number of amides is 1. The lowest BCUT2D eigenvalue weighted by atomic mass is 10.9. The first-order chi connectivity index (χ1) is 5.22. The molecule has 0 spiro atoms. The van der Waals surface area contributed by atoms with Crippen LogP contribution in [0, 0.1) is 5.13 Å². The largest absolute Gasteiger partial charge is 0.453 e.